The average molecular weight is 256 g/mol. The van der Waals surface area contributed by atoms with Gasteiger partial charge in [-0.3, -0.25) is 4.79 Å². The van der Waals surface area contributed by atoms with Crippen molar-refractivity contribution < 1.29 is 9.18 Å². The van der Waals surface area contributed by atoms with E-state index >= 15 is 0 Å². The first kappa shape index (κ1) is 13.5. The zero-order chi connectivity index (χ0) is 13.8. The molecule has 2 aromatic carbocycles. The summed E-state index contributed by atoms with van der Waals surface area (Å²) in [5, 5.41) is 0. The largest absolute Gasteiger partial charge is 0.294 e. The van der Waals surface area contributed by atoms with E-state index in [0.717, 1.165) is 0 Å². The molecule has 98 valence electrons. The van der Waals surface area contributed by atoms with E-state index in [0.29, 0.717) is 17.0 Å². The minimum absolute atomic E-state index is 0.0552. The molecular weight excluding hydrogens is 239 g/mol. The highest BCUT2D eigenvalue weighted by molar-refractivity contribution is 5.97. The Balaban J connectivity index is 2.14. The van der Waals surface area contributed by atoms with E-state index in [-0.39, 0.29) is 18.0 Å². The Morgan fingerprint density at radius 2 is 1.68 bits per heavy atom. The molecule has 1 nitrogen and oxygen atoms in total. The lowest BCUT2D eigenvalue weighted by molar-refractivity contribution is 0.0992. The zero-order valence-electron chi connectivity index (χ0n) is 11.2. The molecule has 0 bridgehead atoms. The summed E-state index contributed by atoms with van der Waals surface area (Å²) in [6, 6.07) is 13.9. The lowest BCUT2D eigenvalue weighted by Crippen LogP contribution is -2.05. The summed E-state index contributed by atoms with van der Waals surface area (Å²) < 4.78 is 13.5. The predicted octanol–water partition coefficient (Wildman–Crippen LogP) is 4.37. The van der Waals surface area contributed by atoms with Crippen molar-refractivity contribution in [2.24, 2.45) is 0 Å². The Kier molecular flexibility index (Phi) is 4.10. The summed E-state index contributed by atoms with van der Waals surface area (Å²) in [6.45, 7) is 4.21. The molecule has 0 aliphatic rings. The maximum atomic E-state index is 13.5. The second-order valence-corrected chi connectivity index (χ2v) is 4.97. The van der Waals surface area contributed by atoms with Crippen LogP contribution in [0.5, 0.6) is 0 Å². The van der Waals surface area contributed by atoms with Gasteiger partial charge in [-0.1, -0.05) is 56.3 Å². The molecule has 0 heterocycles. The van der Waals surface area contributed by atoms with Gasteiger partial charge in [0.15, 0.2) is 5.78 Å². The molecule has 0 atom stereocenters. The van der Waals surface area contributed by atoms with Crippen LogP contribution in [0.15, 0.2) is 48.5 Å². The van der Waals surface area contributed by atoms with E-state index in [1.54, 1.807) is 18.2 Å². The van der Waals surface area contributed by atoms with Gasteiger partial charge in [-0.15, -0.1) is 0 Å². The molecule has 0 radical (unpaired) electrons. The molecule has 0 saturated heterocycles. The minimum atomic E-state index is -0.324. The van der Waals surface area contributed by atoms with Crippen molar-refractivity contribution >= 4 is 5.78 Å². The van der Waals surface area contributed by atoms with Crippen molar-refractivity contribution in [2.75, 3.05) is 0 Å². The predicted molar refractivity (Wildman–Crippen MR) is 75.0 cm³/mol. The van der Waals surface area contributed by atoms with Gasteiger partial charge in [0.1, 0.15) is 5.82 Å². The van der Waals surface area contributed by atoms with Crippen LogP contribution in [-0.2, 0) is 6.42 Å². The zero-order valence-corrected chi connectivity index (χ0v) is 11.2. The number of rotatable bonds is 4. The monoisotopic (exact) mass is 256 g/mol. The van der Waals surface area contributed by atoms with E-state index < -0.39 is 0 Å². The van der Waals surface area contributed by atoms with Crippen LogP contribution >= 0.6 is 0 Å². The summed E-state index contributed by atoms with van der Waals surface area (Å²) in [7, 11) is 0. The molecule has 0 spiro atoms. The Hall–Kier alpha value is -1.96. The maximum absolute atomic E-state index is 13.5. The van der Waals surface area contributed by atoms with Crippen molar-refractivity contribution in [1.82, 2.24) is 0 Å². The molecule has 0 saturated carbocycles. The Labute approximate surface area is 113 Å². The third-order valence-electron chi connectivity index (χ3n) is 3.21. The van der Waals surface area contributed by atoms with E-state index in [9.17, 15) is 9.18 Å². The number of carbonyl (C=O) groups excluding carboxylic acids is 1. The number of benzene rings is 2. The average Bonchev–Trinajstić information content (AvgIpc) is 2.41. The summed E-state index contributed by atoms with van der Waals surface area (Å²) >= 11 is 0. The quantitative estimate of drug-likeness (QED) is 0.742. The third kappa shape index (κ3) is 3.28. The Bertz CT molecular complexity index is 570. The van der Waals surface area contributed by atoms with Crippen LogP contribution in [0.3, 0.4) is 0 Å². The van der Waals surface area contributed by atoms with E-state index in [2.05, 4.69) is 13.8 Å². The highest BCUT2D eigenvalue weighted by Gasteiger charge is 2.10. The van der Waals surface area contributed by atoms with Gasteiger partial charge in [0.25, 0.3) is 0 Å². The minimum Gasteiger partial charge on any atom is -0.294 e. The van der Waals surface area contributed by atoms with E-state index in [1.165, 1.54) is 11.6 Å². The van der Waals surface area contributed by atoms with Crippen LogP contribution in [0, 0.1) is 5.82 Å². The fourth-order valence-corrected chi connectivity index (χ4v) is 1.97. The number of halogens is 1. The van der Waals surface area contributed by atoms with Crippen molar-refractivity contribution in [1.29, 1.82) is 0 Å². The fraction of sp³-hybridized carbons (Fsp3) is 0.235. The second kappa shape index (κ2) is 5.79. The molecule has 19 heavy (non-hydrogen) atoms. The highest BCUT2D eigenvalue weighted by Crippen LogP contribution is 2.16. The molecule has 2 heteroatoms. The molecule has 0 fully saturated rings. The van der Waals surface area contributed by atoms with Gasteiger partial charge in [0.05, 0.1) is 0 Å². The second-order valence-electron chi connectivity index (χ2n) is 4.97. The van der Waals surface area contributed by atoms with Crippen molar-refractivity contribution in [3.63, 3.8) is 0 Å². The van der Waals surface area contributed by atoms with Crippen molar-refractivity contribution in [3.8, 4) is 0 Å². The fourth-order valence-electron chi connectivity index (χ4n) is 1.97. The number of Topliss-reactive ketones (excluding diaryl/α,β-unsaturated/α-hetero) is 1. The maximum Gasteiger partial charge on any atom is 0.167 e. The van der Waals surface area contributed by atoms with Gasteiger partial charge in [-0.05, 0) is 23.1 Å². The van der Waals surface area contributed by atoms with Crippen molar-refractivity contribution in [3.05, 3.63) is 71.0 Å². The van der Waals surface area contributed by atoms with Crippen LogP contribution in [0.25, 0.3) is 0 Å². The number of hydrogen-bond acceptors (Lipinski definition) is 1. The molecule has 2 aromatic rings. The van der Waals surface area contributed by atoms with Crippen LogP contribution in [0.2, 0.25) is 0 Å². The highest BCUT2D eigenvalue weighted by atomic mass is 19.1. The molecule has 0 unspecified atom stereocenters. The molecule has 0 amide bonds. The van der Waals surface area contributed by atoms with Gasteiger partial charge >= 0.3 is 0 Å². The van der Waals surface area contributed by atoms with Crippen molar-refractivity contribution in [2.45, 2.75) is 26.2 Å². The summed E-state index contributed by atoms with van der Waals surface area (Å²) in [6.07, 6.45) is 0.105. The standard InChI is InChI=1S/C17H17FO/c1-12(2)13-7-9-14(10-8-13)17(19)11-15-5-3-4-6-16(15)18/h3-10,12H,11H2,1-2H3. The lowest BCUT2D eigenvalue weighted by Gasteiger charge is -2.07. The first-order chi connectivity index (χ1) is 9.08. The molecule has 0 aromatic heterocycles. The van der Waals surface area contributed by atoms with E-state index in [4.69, 9.17) is 0 Å². The SMILES string of the molecule is CC(C)c1ccc(C(=O)Cc2ccccc2F)cc1. The topological polar surface area (TPSA) is 17.1 Å². The van der Waals surface area contributed by atoms with Crippen LogP contribution in [-0.4, -0.2) is 5.78 Å². The van der Waals surface area contributed by atoms with Gasteiger partial charge in [0.2, 0.25) is 0 Å². The summed E-state index contributed by atoms with van der Waals surface area (Å²) in [5.74, 6) is 0.0609. The first-order valence-electron chi connectivity index (χ1n) is 6.44. The third-order valence-corrected chi connectivity index (χ3v) is 3.21. The van der Waals surface area contributed by atoms with Gasteiger partial charge in [0, 0.05) is 12.0 Å². The summed E-state index contributed by atoms with van der Waals surface area (Å²) in [5.41, 5.74) is 2.27. The van der Waals surface area contributed by atoms with Gasteiger partial charge in [-0.2, -0.15) is 0 Å². The van der Waals surface area contributed by atoms with Crippen LogP contribution in [0.4, 0.5) is 4.39 Å². The molecule has 2 rings (SSSR count). The van der Waals surface area contributed by atoms with Crippen LogP contribution < -0.4 is 0 Å². The normalized spacial score (nSPS) is 10.7. The van der Waals surface area contributed by atoms with Crippen LogP contribution in [0.1, 0.15) is 41.3 Å². The Morgan fingerprint density at radius 3 is 2.26 bits per heavy atom. The first-order valence-corrected chi connectivity index (χ1v) is 6.44. The molecular formula is C17H17FO. The molecule has 0 aliphatic heterocycles. The van der Waals surface area contributed by atoms with E-state index in [1.807, 2.05) is 24.3 Å². The van der Waals surface area contributed by atoms with Gasteiger partial charge in [-0.25, -0.2) is 4.39 Å². The number of ketones is 1. The lowest BCUT2D eigenvalue weighted by atomic mass is 9.98. The number of carbonyl (C=O) groups is 1. The Morgan fingerprint density at radius 1 is 1.05 bits per heavy atom. The molecule has 0 aliphatic carbocycles. The molecule has 0 N–H and O–H groups in total. The van der Waals surface area contributed by atoms with Gasteiger partial charge < -0.3 is 0 Å². The smallest absolute Gasteiger partial charge is 0.167 e. The summed E-state index contributed by atoms with van der Waals surface area (Å²) in [4.78, 5) is 12.1. The number of hydrogen-bond donors (Lipinski definition) is 0.